The molecule has 1 aromatic rings. The van der Waals surface area contributed by atoms with Crippen LogP contribution in [0, 0.1) is 20.2 Å². The molecule has 19 heteroatoms. The summed E-state index contributed by atoms with van der Waals surface area (Å²) in [6.07, 6.45) is 0.805. The van der Waals surface area contributed by atoms with E-state index in [1.54, 1.807) is 0 Å². The van der Waals surface area contributed by atoms with Gasteiger partial charge in [0, 0.05) is 0 Å². The van der Waals surface area contributed by atoms with Crippen molar-refractivity contribution < 1.29 is 45.7 Å². The minimum atomic E-state index is -4.30. The van der Waals surface area contributed by atoms with Crippen molar-refractivity contribution in [1.82, 2.24) is 0 Å². The van der Waals surface area contributed by atoms with Crippen LogP contribution in [-0.4, -0.2) is 81.4 Å². The first-order valence-electron chi connectivity index (χ1n) is 8.78. The van der Waals surface area contributed by atoms with Crippen LogP contribution in [0.3, 0.4) is 0 Å². The molecule has 2 N–H and O–H groups in total. The average Bonchev–Trinajstić information content (AvgIpc) is 2.71. The predicted octanol–water partition coefficient (Wildman–Crippen LogP) is 1.41. The van der Waals surface area contributed by atoms with E-state index in [1.807, 2.05) is 0 Å². The second-order valence-electron chi connectivity index (χ2n) is 5.93. The molecule has 0 amide bonds. The van der Waals surface area contributed by atoms with Gasteiger partial charge in [0.1, 0.15) is 0 Å². The van der Waals surface area contributed by atoms with Gasteiger partial charge in [0.05, 0.1) is 0 Å². The number of anilines is 1. The van der Waals surface area contributed by atoms with E-state index in [4.69, 9.17) is 4.52 Å². The van der Waals surface area contributed by atoms with Crippen molar-refractivity contribution in [2.45, 2.75) is 5.21 Å². The standard InChI is InChI=1S/C14H20AsBrN3O12PS/c1-33(27,28)31-7-4-17-13-11(8-10(18(21)22)9-12(13)19(23)24)14(20)15-2-5-29-32(25,26)30-6-3-16/h8-9,15,17H,2-7H2,1H3,(H,25,26). The van der Waals surface area contributed by atoms with Gasteiger partial charge in [0.15, 0.2) is 0 Å². The summed E-state index contributed by atoms with van der Waals surface area (Å²) in [5, 5.41) is 25.5. The third-order valence-electron chi connectivity index (χ3n) is 3.43. The number of halogens is 1. The molecule has 0 fully saturated rings. The maximum atomic E-state index is 12.7. The van der Waals surface area contributed by atoms with Gasteiger partial charge in [-0.05, 0) is 0 Å². The summed E-state index contributed by atoms with van der Waals surface area (Å²) in [5.74, 6) is 0. The molecular weight excluding hydrogens is 620 g/mol. The number of nitrogens with zero attached hydrogens (tertiary/aromatic N) is 2. The summed E-state index contributed by atoms with van der Waals surface area (Å²) in [7, 11) is -8.08. The summed E-state index contributed by atoms with van der Waals surface area (Å²) in [4.78, 5) is 43.0. The van der Waals surface area contributed by atoms with Gasteiger partial charge in [-0.1, -0.05) is 0 Å². The third-order valence-corrected chi connectivity index (χ3v) is 7.56. The van der Waals surface area contributed by atoms with Crippen LogP contribution in [0.15, 0.2) is 12.1 Å². The van der Waals surface area contributed by atoms with Crippen molar-refractivity contribution in [3.63, 3.8) is 0 Å². The summed E-state index contributed by atoms with van der Waals surface area (Å²) in [5.41, 5.74) is -2.10. The second kappa shape index (κ2) is 13.4. The van der Waals surface area contributed by atoms with Crippen molar-refractivity contribution in [2.75, 3.05) is 43.3 Å². The minimum absolute atomic E-state index is 0.0220. The van der Waals surface area contributed by atoms with Gasteiger partial charge in [-0.25, -0.2) is 0 Å². The molecule has 2 atom stereocenters. The normalized spacial score (nSPS) is 13.7. The van der Waals surface area contributed by atoms with E-state index in [0.717, 1.165) is 12.3 Å². The monoisotopic (exact) mass is 639 g/mol. The van der Waals surface area contributed by atoms with E-state index >= 15 is 0 Å². The summed E-state index contributed by atoms with van der Waals surface area (Å²) < 4.78 is 46.9. The van der Waals surface area contributed by atoms with Crippen LogP contribution in [-0.2, 0) is 27.9 Å². The molecule has 0 aromatic heterocycles. The van der Waals surface area contributed by atoms with E-state index in [-0.39, 0.29) is 36.2 Å². The average molecular weight is 640 g/mol. The molecule has 0 radical (unpaired) electrons. The maximum absolute atomic E-state index is 12.7. The van der Waals surface area contributed by atoms with Gasteiger partial charge in [-0.3, -0.25) is 0 Å². The number of carbonyl (C=O) groups excluding carboxylic acids is 1. The van der Waals surface area contributed by atoms with Crippen LogP contribution in [0.25, 0.3) is 0 Å². The first kappa shape index (κ1) is 29.6. The van der Waals surface area contributed by atoms with Crippen molar-refractivity contribution >= 4 is 71.3 Å². The topological polar surface area (TPSA) is 215 Å². The number of hydrogen-bond donors (Lipinski definition) is 2. The molecule has 0 aliphatic carbocycles. The Hall–Kier alpha value is -1.45. The molecule has 1 rings (SSSR count). The molecule has 0 heterocycles. The molecule has 2 unspecified atom stereocenters. The van der Waals surface area contributed by atoms with Crippen molar-refractivity contribution in [3.8, 4) is 0 Å². The Bertz CT molecular complexity index is 1040. The number of alkyl halides is 1. The van der Waals surface area contributed by atoms with E-state index in [1.165, 1.54) is 0 Å². The third kappa shape index (κ3) is 11.0. The fourth-order valence-corrected chi connectivity index (χ4v) is 5.80. The van der Waals surface area contributed by atoms with E-state index in [2.05, 4.69) is 30.0 Å². The van der Waals surface area contributed by atoms with Crippen LogP contribution < -0.4 is 5.32 Å². The number of non-ortho nitro benzene ring substituents is 1. The molecule has 0 spiro atoms. The molecule has 0 aliphatic heterocycles. The molecular formula is C14H20AsBrN3O12PS. The van der Waals surface area contributed by atoms with E-state index in [0.29, 0.717) is 11.4 Å². The Morgan fingerprint density at radius 2 is 1.85 bits per heavy atom. The molecule has 33 heavy (non-hydrogen) atoms. The van der Waals surface area contributed by atoms with Gasteiger partial charge in [0.25, 0.3) is 0 Å². The molecule has 0 saturated heterocycles. The first-order valence-corrected chi connectivity index (χ1v) is 15.7. The van der Waals surface area contributed by atoms with Gasteiger partial charge in [-0.15, -0.1) is 0 Å². The second-order valence-corrected chi connectivity index (χ2v) is 12.6. The Morgan fingerprint density at radius 1 is 1.21 bits per heavy atom. The Kier molecular flexibility index (Phi) is 12.0. The molecule has 0 bridgehead atoms. The van der Waals surface area contributed by atoms with Crippen LogP contribution in [0.5, 0.6) is 0 Å². The van der Waals surface area contributed by atoms with E-state index < -0.39 is 66.1 Å². The number of phosphoric ester groups is 1. The molecule has 0 saturated carbocycles. The van der Waals surface area contributed by atoms with Gasteiger partial charge in [-0.2, -0.15) is 0 Å². The molecule has 0 aliphatic rings. The zero-order chi connectivity index (χ0) is 25.2. The summed E-state index contributed by atoms with van der Waals surface area (Å²) in [6, 6.07) is 1.54. The Balaban J connectivity index is 3.04. The number of phosphoric acid groups is 1. The number of nitro groups is 2. The number of carbonyl (C=O) groups is 1. The number of rotatable bonds is 16. The SMILES string of the molecule is CS(=O)(=O)OCCNc1c(C(=O)[AsH]CCOP(=O)(O)OCCBr)cc([N+](=O)[O-])cc1[N+](=O)[O-]. The van der Waals surface area contributed by atoms with Gasteiger partial charge >= 0.3 is 203 Å². The van der Waals surface area contributed by atoms with Crippen LogP contribution in [0.1, 0.15) is 10.4 Å². The van der Waals surface area contributed by atoms with Crippen LogP contribution >= 0.6 is 23.8 Å². The molecule has 186 valence electrons. The molecule has 15 nitrogen and oxygen atoms in total. The Labute approximate surface area is 203 Å². The van der Waals surface area contributed by atoms with Gasteiger partial charge in [0.2, 0.25) is 0 Å². The van der Waals surface area contributed by atoms with Gasteiger partial charge < -0.3 is 0 Å². The zero-order valence-corrected chi connectivity index (χ0v) is 22.4. The molecule has 1 aromatic carbocycles. The van der Waals surface area contributed by atoms with Crippen molar-refractivity contribution in [3.05, 3.63) is 37.9 Å². The zero-order valence-electron chi connectivity index (χ0n) is 17.0. The first-order chi connectivity index (χ1) is 15.3. The summed E-state index contributed by atoms with van der Waals surface area (Å²) >= 11 is 1.38. The van der Waals surface area contributed by atoms with E-state index in [9.17, 15) is 42.9 Å². The fourth-order valence-electron chi connectivity index (χ4n) is 2.20. The number of nitro benzene ring substituents is 2. The van der Waals surface area contributed by atoms with Crippen LogP contribution in [0.2, 0.25) is 5.21 Å². The fraction of sp³-hybridized carbons (Fsp3) is 0.500. The number of nitrogens with one attached hydrogen (secondary N) is 1. The number of benzene rings is 1. The number of hydrogen-bond acceptors (Lipinski definition) is 12. The van der Waals surface area contributed by atoms with Crippen molar-refractivity contribution in [1.29, 1.82) is 0 Å². The Morgan fingerprint density at radius 3 is 2.39 bits per heavy atom. The van der Waals surface area contributed by atoms with Crippen molar-refractivity contribution in [2.24, 2.45) is 0 Å². The summed E-state index contributed by atoms with van der Waals surface area (Å²) in [6.45, 7) is -1.07. The quantitative estimate of drug-likeness (QED) is 0.0498. The van der Waals surface area contributed by atoms with Crippen LogP contribution in [0.4, 0.5) is 17.1 Å². The predicted molar refractivity (Wildman–Crippen MR) is 121 cm³/mol.